The molecule has 9 nitrogen and oxygen atoms in total. The number of piperidine rings is 1. The van der Waals surface area contributed by atoms with Gasteiger partial charge in [0.25, 0.3) is 0 Å². The number of anilines is 2. The number of aryl methyl sites for hydroxylation is 1. The molecule has 0 amide bonds. The summed E-state index contributed by atoms with van der Waals surface area (Å²) in [6, 6.07) is 5.18. The molecule has 0 unspecified atom stereocenters. The number of nitrogens with one attached hydrogen (secondary N) is 1. The van der Waals surface area contributed by atoms with Crippen LogP contribution in [-0.2, 0) is 6.54 Å². The zero-order valence-corrected chi connectivity index (χ0v) is 17.6. The fourth-order valence-corrected chi connectivity index (χ4v) is 4.55. The van der Waals surface area contributed by atoms with Gasteiger partial charge in [-0.25, -0.2) is 9.07 Å². The summed E-state index contributed by atoms with van der Waals surface area (Å²) in [7, 11) is 0. The van der Waals surface area contributed by atoms with E-state index in [0.29, 0.717) is 29.7 Å². The largest absolute Gasteiger partial charge is 0.424 e. The molecule has 2 fully saturated rings. The second kappa shape index (κ2) is 8.19. The highest BCUT2D eigenvalue weighted by Gasteiger charge is 2.44. The predicted octanol–water partition coefficient (Wildman–Crippen LogP) is 3.79. The molecule has 1 N–H and O–H groups in total. The Labute approximate surface area is 185 Å². The van der Waals surface area contributed by atoms with Crippen molar-refractivity contribution in [1.29, 1.82) is 0 Å². The summed E-state index contributed by atoms with van der Waals surface area (Å²) in [5.74, 6) is 0.391. The molecule has 1 saturated heterocycles. The second-order valence-electron chi connectivity index (χ2n) is 8.33. The summed E-state index contributed by atoms with van der Waals surface area (Å²) in [5.41, 5.74) is 0. The topological polar surface area (TPSA) is 94.1 Å². The van der Waals surface area contributed by atoms with Gasteiger partial charge in [-0.1, -0.05) is 11.2 Å². The predicted molar refractivity (Wildman–Crippen MR) is 107 cm³/mol. The van der Waals surface area contributed by atoms with Crippen molar-refractivity contribution >= 4 is 12.0 Å². The summed E-state index contributed by atoms with van der Waals surface area (Å²) in [4.78, 5) is 6.17. The van der Waals surface area contributed by atoms with E-state index in [1.54, 1.807) is 6.92 Å². The first kappa shape index (κ1) is 21.5. The molecule has 3 heterocycles. The summed E-state index contributed by atoms with van der Waals surface area (Å²) in [5, 5.41) is 15.1. The van der Waals surface area contributed by atoms with Crippen LogP contribution in [0.25, 0.3) is 0 Å². The zero-order chi connectivity index (χ0) is 23.2. The van der Waals surface area contributed by atoms with E-state index < -0.39 is 18.5 Å². The zero-order valence-electron chi connectivity index (χ0n) is 17.6. The Balaban J connectivity index is 1.34. The average Bonchev–Trinajstić information content (AvgIpc) is 3.37. The Kier molecular flexibility index (Phi) is 5.33. The number of ether oxygens (including phenoxy) is 1. The molecule has 0 spiro atoms. The standard InChI is InChI=1S/C20H21F4N7O2/c1-11-27-28-19(32-11)30-8-12-5-6-13(9-30)16(12)25-17-26-18(31(29-17)10-20(22,23)24)33-15-4-2-3-14(21)7-15/h2-4,7,12-13,16H,5-6,8-10H2,1H3,(H,25,29)/t12-,13+,16+. The summed E-state index contributed by atoms with van der Waals surface area (Å²) in [6.45, 7) is 1.69. The Morgan fingerprint density at radius 1 is 1.18 bits per heavy atom. The van der Waals surface area contributed by atoms with Crippen LogP contribution in [0.3, 0.4) is 0 Å². The van der Waals surface area contributed by atoms with Crippen LogP contribution in [0.15, 0.2) is 28.7 Å². The average molecular weight is 467 g/mol. The van der Waals surface area contributed by atoms with Crippen LogP contribution in [0.5, 0.6) is 11.8 Å². The monoisotopic (exact) mass is 467 g/mol. The molecule has 33 heavy (non-hydrogen) atoms. The second-order valence-corrected chi connectivity index (χ2v) is 8.33. The fraction of sp³-hybridized carbons (Fsp3) is 0.500. The summed E-state index contributed by atoms with van der Waals surface area (Å²) < 4.78 is 64.3. The number of rotatable bonds is 6. The minimum atomic E-state index is -4.53. The third-order valence-electron chi connectivity index (χ3n) is 5.89. The number of fused-ring (bicyclic) bond motifs is 2. The molecule has 13 heteroatoms. The lowest BCUT2D eigenvalue weighted by Gasteiger charge is -2.37. The van der Waals surface area contributed by atoms with Crippen LogP contribution in [0.4, 0.5) is 29.5 Å². The molecule has 1 saturated carbocycles. The Morgan fingerprint density at radius 3 is 2.58 bits per heavy atom. The molecular weight excluding hydrogens is 446 g/mol. The lowest BCUT2D eigenvalue weighted by molar-refractivity contribution is -0.143. The van der Waals surface area contributed by atoms with Crippen molar-refractivity contribution in [2.45, 2.75) is 38.5 Å². The van der Waals surface area contributed by atoms with E-state index in [2.05, 4.69) is 25.6 Å². The smallest absolute Gasteiger partial charge is 0.408 e. The maximum atomic E-state index is 13.5. The first-order valence-corrected chi connectivity index (χ1v) is 10.5. The van der Waals surface area contributed by atoms with Crippen molar-refractivity contribution in [2.75, 3.05) is 23.3 Å². The first-order chi connectivity index (χ1) is 15.7. The van der Waals surface area contributed by atoms with E-state index in [1.165, 1.54) is 18.2 Å². The normalized spacial score (nSPS) is 22.6. The first-order valence-electron chi connectivity index (χ1n) is 10.5. The number of hydrogen-bond donors (Lipinski definition) is 1. The number of aromatic nitrogens is 5. The van der Waals surface area contributed by atoms with E-state index in [9.17, 15) is 17.6 Å². The van der Waals surface area contributed by atoms with Gasteiger partial charge >= 0.3 is 18.2 Å². The Bertz CT molecular complexity index is 1120. The van der Waals surface area contributed by atoms with Gasteiger partial charge < -0.3 is 19.4 Å². The lowest BCUT2D eigenvalue weighted by atomic mass is 9.92. The quantitative estimate of drug-likeness (QED) is 0.548. The van der Waals surface area contributed by atoms with Crippen molar-refractivity contribution in [3.63, 3.8) is 0 Å². The molecule has 2 aliphatic rings. The highest BCUT2D eigenvalue weighted by molar-refractivity contribution is 5.35. The highest BCUT2D eigenvalue weighted by Crippen LogP contribution is 2.40. The van der Waals surface area contributed by atoms with Gasteiger partial charge in [-0.2, -0.15) is 18.2 Å². The van der Waals surface area contributed by atoms with Crippen molar-refractivity contribution in [3.05, 3.63) is 36.0 Å². The van der Waals surface area contributed by atoms with Gasteiger partial charge in [0.05, 0.1) is 0 Å². The van der Waals surface area contributed by atoms with Crippen LogP contribution in [0, 0.1) is 24.6 Å². The molecule has 1 aliphatic carbocycles. The third kappa shape index (κ3) is 4.71. The molecule has 1 aromatic carbocycles. The minimum absolute atomic E-state index is 0.0194. The molecule has 3 atom stereocenters. The maximum Gasteiger partial charge on any atom is 0.408 e. The van der Waals surface area contributed by atoms with Gasteiger partial charge in [0.15, 0.2) is 0 Å². The van der Waals surface area contributed by atoms with Crippen LogP contribution in [0.2, 0.25) is 0 Å². The maximum absolute atomic E-state index is 13.5. The van der Waals surface area contributed by atoms with Gasteiger partial charge in [0, 0.05) is 32.1 Å². The molecule has 1 aliphatic heterocycles. The van der Waals surface area contributed by atoms with Crippen molar-refractivity contribution in [1.82, 2.24) is 25.0 Å². The minimum Gasteiger partial charge on any atom is -0.424 e. The molecule has 2 aromatic heterocycles. The van der Waals surface area contributed by atoms with Gasteiger partial charge in [-0.05, 0) is 36.8 Å². The van der Waals surface area contributed by atoms with E-state index >= 15 is 0 Å². The van der Waals surface area contributed by atoms with Crippen LogP contribution in [0.1, 0.15) is 18.7 Å². The molecule has 5 rings (SSSR count). The SMILES string of the molecule is Cc1nnc(N2C[C@H]3CC[C@@H](C2)[C@H]3Nc2nc(Oc3cccc(F)c3)n(CC(F)(F)F)n2)o1. The van der Waals surface area contributed by atoms with Gasteiger partial charge in [0.1, 0.15) is 18.1 Å². The van der Waals surface area contributed by atoms with Gasteiger partial charge in [-0.15, -0.1) is 10.2 Å². The van der Waals surface area contributed by atoms with Crippen LogP contribution >= 0.6 is 0 Å². The van der Waals surface area contributed by atoms with E-state index in [1.807, 2.05) is 4.90 Å². The third-order valence-corrected chi connectivity index (χ3v) is 5.89. The lowest BCUT2D eigenvalue weighted by Crippen LogP contribution is -2.48. The summed E-state index contributed by atoms with van der Waals surface area (Å²) in [6.07, 6.45) is -2.64. The van der Waals surface area contributed by atoms with Crippen LogP contribution in [-0.4, -0.2) is 50.3 Å². The van der Waals surface area contributed by atoms with Crippen LogP contribution < -0.4 is 15.0 Å². The molecule has 3 aromatic rings. The van der Waals surface area contributed by atoms with Crippen molar-refractivity contribution < 1.29 is 26.7 Å². The van der Waals surface area contributed by atoms with Gasteiger partial charge in [-0.3, -0.25) is 0 Å². The fourth-order valence-electron chi connectivity index (χ4n) is 4.55. The van der Waals surface area contributed by atoms with E-state index in [4.69, 9.17) is 9.15 Å². The number of alkyl halides is 3. The number of hydrogen-bond acceptors (Lipinski definition) is 8. The molecule has 176 valence electrons. The molecule has 2 bridgehead atoms. The van der Waals surface area contributed by atoms with Crippen molar-refractivity contribution in [2.24, 2.45) is 11.8 Å². The Morgan fingerprint density at radius 2 is 1.94 bits per heavy atom. The highest BCUT2D eigenvalue weighted by atomic mass is 19.4. The molecular formula is C20H21F4N7O2. The van der Waals surface area contributed by atoms with E-state index in [-0.39, 0.29) is 35.6 Å². The number of benzene rings is 1. The van der Waals surface area contributed by atoms with E-state index in [0.717, 1.165) is 18.9 Å². The van der Waals surface area contributed by atoms with Crippen molar-refractivity contribution in [3.8, 4) is 11.8 Å². The Hall–Kier alpha value is -3.38. The summed E-state index contributed by atoms with van der Waals surface area (Å²) >= 11 is 0. The molecule has 0 radical (unpaired) electrons. The number of nitrogens with zero attached hydrogens (tertiary/aromatic N) is 6. The number of halogens is 4. The van der Waals surface area contributed by atoms with Gasteiger partial charge in [0.2, 0.25) is 11.8 Å².